The maximum atomic E-state index is 12.8. The zero-order valence-electron chi connectivity index (χ0n) is 15.1. The molecule has 0 radical (unpaired) electrons. The number of hydrogen-bond donors (Lipinski definition) is 2. The van der Waals surface area contributed by atoms with Crippen LogP contribution >= 0.6 is 0 Å². The highest BCUT2D eigenvalue weighted by atomic mass is 16.2. The van der Waals surface area contributed by atoms with Gasteiger partial charge in [0.1, 0.15) is 11.6 Å². The third kappa shape index (κ3) is 3.44. The fourth-order valence-corrected chi connectivity index (χ4v) is 3.22. The van der Waals surface area contributed by atoms with Crippen molar-refractivity contribution in [3.05, 3.63) is 35.0 Å². The van der Waals surface area contributed by atoms with E-state index in [1.54, 1.807) is 19.4 Å². The van der Waals surface area contributed by atoms with Crippen molar-refractivity contribution in [2.75, 3.05) is 30.8 Å². The third-order valence-corrected chi connectivity index (χ3v) is 4.78. The molecule has 8 nitrogen and oxygen atoms in total. The Morgan fingerprint density at radius 2 is 1.88 bits per heavy atom. The monoisotopic (exact) mass is 353 g/mol. The normalized spacial score (nSPS) is 16.6. The molecule has 0 saturated heterocycles. The van der Waals surface area contributed by atoms with Crippen LogP contribution in [-0.2, 0) is 12.8 Å². The molecule has 1 aliphatic heterocycles. The second kappa shape index (κ2) is 6.86. The minimum atomic E-state index is -0.0400. The lowest BCUT2D eigenvalue weighted by molar-refractivity contribution is 0.0762. The number of anilines is 2. The van der Waals surface area contributed by atoms with E-state index in [1.807, 2.05) is 11.8 Å². The van der Waals surface area contributed by atoms with Crippen LogP contribution in [0.25, 0.3) is 0 Å². The first-order chi connectivity index (χ1) is 12.6. The lowest BCUT2D eigenvalue weighted by Crippen LogP contribution is -2.33. The number of rotatable bonds is 4. The minimum absolute atomic E-state index is 0.0400. The van der Waals surface area contributed by atoms with Crippen molar-refractivity contribution in [2.45, 2.75) is 38.6 Å². The zero-order valence-corrected chi connectivity index (χ0v) is 15.1. The van der Waals surface area contributed by atoms with E-state index in [4.69, 9.17) is 0 Å². The van der Waals surface area contributed by atoms with Crippen LogP contribution in [0.15, 0.2) is 12.4 Å². The zero-order chi connectivity index (χ0) is 18.1. The molecule has 3 heterocycles. The first-order valence-corrected chi connectivity index (χ1v) is 9.06. The number of carbonyl (C=O) groups is 1. The molecule has 1 saturated carbocycles. The quantitative estimate of drug-likeness (QED) is 0.858. The Balaban J connectivity index is 1.52. The highest BCUT2D eigenvalue weighted by Crippen LogP contribution is 2.28. The van der Waals surface area contributed by atoms with Crippen molar-refractivity contribution in [1.82, 2.24) is 24.8 Å². The van der Waals surface area contributed by atoms with Crippen LogP contribution in [0.4, 0.5) is 11.8 Å². The number of carbonyl (C=O) groups excluding carboxylic acids is 1. The number of aryl methyl sites for hydroxylation is 1. The van der Waals surface area contributed by atoms with Crippen molar-refractivity contribution in [3.8, 4) is 0 Å². The number of nitrogens with zero attached hydrogens (tertiary/aromatic N) is 5. The average molecular weight is 353 g/mol. The summed E-state index contributed by atoms with van der Waals surface area (Å²) in [5.41, 5.74) is 2.71. The first kappa shape index (κ1) is 16.7. The number of hydrogen-bond acceptors (Lipinski definition) is 7. The molecule has 2 N–H and O–H groups in total. The van der Waals surface area contributed by atoms with E-state index in [9.17, 15) is 4.79 Å². The Kier molecular flexibility index (Phi) is 4.40. The summed E-state index contributed by atoms with van der Waals surface area (Å²) in [6, 6.07) is 0.539. The molecule has 26 heavy (non-hydrogen) atoms. The SMILES string of the molecule is CNc1ncc(C(=O)N2CCc3nc(C)nc(NC4CC4)c3CC2)cn1. The summed E-state index contributed by atoms with van der Waals surface area (Å²) in [7, 11) is 1.75. The molecule has 136 valence electrons. The first-order valence-electron chi connectivity index (χ1n) is 9.06. The lowest BCUT2D eigenvalue weighted by Gasteiger charge is -2.20. The van der Waals surface area contributed by atoms with Gasteiger partial charge in [-0.3, -0.25) is 4.79 Å². The van der Waals surface area contributed by atoms with Gasteiger partial charge in [-0.15, -0.1) is 0 Å². The van der Waals surface area contributed by atoms with Gasteiger partial charge in [0.05, 0.1) is 11.3 Å². The van der Waals surface area contributed by atoms with Crippen molar-refractivity contribution in [2.24, 2.45) is 0 Å². The molecule has 2 aromatic rings. The standard InChI is InChI=1S/C18H23N7O/c1-11-22-15-6-8-25(17(26)12-9-20-18(19-2)21-10-12)7-5-14(15)16(23-11)24-13-3-4-13/h9-10,13H,3-8H2,1-2H3,(H,19,20,21)(H,22,23,24). The van der Waals surface area contributed by atoms with E-state index in [0.29, 0.717) is 30.6 Å². The van der Waals surface area contributed by atoms with Gasteiger partial charge in [-0.05, 0) is 26.2 Å². The predicted molar refractivity (Wildman–Crippen MR) is 98.3 cm³/mol. The molecule has 1 aliphatic carbocycles. The van der Waals surface area contributed by atoms with Gasteiger partial charge in [0.25, 0.3) is 5.91 Å². The Morgan fingerprint density at radius 3 is 2.58 bits per heavy atom. The highest BCUT2D eigenvalue weighted by Gasteiger charge is 2.27. The molecule has 0 spiro atoms. The molecule has 4 rings (SSSR count). The molecule has 1 fully saturated rings. The average Bonchev–Trinajstić information content (AvgIpc) is 3.48. The van der Waals surface area contributed by atoms with Gasteiger partial charge < -0.3 is 15.5 Å². The van der Waals surface area contributed by atoms with Crippen LogP contribution in [0.5, 0.6) is 0 Å². The van der Waals surface area contributed by atoms with Crippen LogP contribution in [0, 0.1) is 6.92 Å². The van der Waals surface area contributed by atoms with Gasteiger partial charge in [0.15, 0.2) is 0 Å². The van der Waals surface area contributed by atoms with E-state index < -0.39 is 0 Å². The smallest absolute Gasteiger partial charge is 0.257 e. The number of fused-ring (bicyclic) bond motifs is 1. The van der Waals surface area contributed by atoms with Crippen LogP contribution in [0.2, 0.25) is 0 Å². The Hall–Kier alpha value is -2.77. The maximum absolute atomic E-state index is 12.8. The molecule has 0 atom stereocenters. The highest BCUT2D eigenvalue weighted by molar-refractivity contribution is 5.93. The summed E-state index contributed by atoms with van der Waals surface area (Å²) in [6.45, 7) is 3.21. The number of aromatic nitrogens is 4. The maximum Gasteiger partial charge on any atom is 0.257 e. The second-order valence-electron chi connectivity index (χ2n) is 6.80. The topological polar surface area (TPSA) is 95.9 Å². The lowest BCUT2D eigenvalue weighted by atomic mass is 10.1. The molecular formula is C18H23N7O. The number of amides is 1. The third-order valence-electron chi connectivity index (χ3n) is 4.78. The van der Waals surface area contributed by atoms with Crippen LogP contribution in [0.3, 0.4) is 0 Å². The molecule has 8 heteroatoms. The van der Waals surface area contributed by atoms with Crippen LogP contribution in [-0.4, -0.2) is 56.9 Å². The van der Waals surface area contributed by atoms with Crippen LogP contribution in [0.1, 0.15) is 40.3 Å². The largest absolute Gasteiger partial charge is 0.367 e. The Labute approximate surface area is 152 Å². The summed E-state index contributed by atoms with van der Waals surface area (Å²) in [4.78, 5) is 32.2. The molecule has 0 unspecified atom stereocenters. The fraction of sp³-hybridized carbons (Fsp3) is 0.500. The van der Waals surface area contributed by atoms with Gasteiger partial charge >= 0.3 is 0 Å². The van der Waals surface area contributed by atoms with Crippen molar-refractivity contribution < 1.29 is 4.79 Å². The molecule has 0 bridgehead atoms. The fourth-order valence-electron chi connectivity index (χ4n) is 3.22. The van der Waals surface area contributed by atoms with E-state index in [2.05, 4.69) is 30.6 Å². The van der Waals surface area contributed by atoms with Gasteiger partial charge in [0, 0.05) is 50.6 Å². The van der Waals surface area contributed by atoms with Gasteiger partial charge in [0.2, 0.25) is 5.95 Å². The predicted octanol–water partition coefficient (Wildman–Crippen LogP) is 1.43. The summed E-state index contributed by atoms with van der Waals surface area (Å²) >= 11 is 0. The van der Waals surface area contributed by atoms with E-state index in [0.717, 1.165) is 35.7 Å². The van der Waals surface area contributed by atoms with Crippen molar-refractivity contribution in [3.63, 3.8) is 0 Å². The summed E-state index contributed by atoms with van der Waals surface area (Å²) < 4.78 is 0. The van der Waals surface area contributed by atoms with Gasteiger partial charge in [-0.25, -0.2) is 19.9 Å². The second-order valence-corrected chi connectivity index (χ2v) is 6.80. The van der Waals surface area contributed by atoms with Gasteiger partial charge in [-0.2, -0.15) is 0 Å². The summed E-state index contributed by atoms with van der Waals surface area (Å²) in [5.74, 6) is 2.20. The number of nitrogens with one attached hydrogen (secondary N) is 2. The molecule has 2 aromatic heterocycles. The van der Waals surface area contributed by atoms with Crippen molar-refractivity contribution >= 4 is 17.7 Å². The molecule has 2 aliphatic rings. The van der Waals surface area contributed by atoms with Gasteiger partial charge in [-0.1, -0.05) is 0 Å². The molecule has 1 amide bonds. The van der Waals surface area contributed by atoms with Crippen LogP contribution < -0.4 is 10.6 Å². The van der Waals surface area contributed by atoms with E-state index in [1.165, 1.54) is 12.8 Å². The van der Waals surface area contributed by atoms with E-state index in [-0.39, 0.29) is 5.91 Å². The molecule has 0 aromatic carbocycles. The Bertz CT molecular complexity index is 817. The van der Waals surface area contributed by atoms with Crippen molar-refractivity contribution in [1.29, 1.82) is 0 Å². The summed E-state index contributed by atoms with van der Waals surface area (Å²) in [5, 5.41) is 6.38. The van der Waals surface area contributed by atoms with E-state index >= 15 is 0 Å². The minimum Gasteiger partial charge on any atom is -0.367 e. The summed E-state index contributed by atoms with van der Waals surface area (Å²) in [6.07, 6.45) is 7.04. The Morgan fingerprint density at radius 1 is 1.15 bits per heavy atom. The molecular weight excluding hydrogens is 330 g/mol.